The predicted octanol–water partition coefficient (Wildman–Crippen LogP) is 4.76. The second-order valence-electron chi connectivity index (χ2n) is 4.33. The van der Waals surface area contributed by atoms with Crippen LogP contribution >= 0.6 is 11.6 Å². The van der Waals surface area contributed by atoms with Crippen molar-refractivity contribution in [2.75, 3.05) is 0 Å². The lowest BCUT2D eigenvalue weighted by molar-refractivity contribution is 1.00. The van der Waals surface area contributed by atoms with Crippen LogP contribution in [-0.4, -0.2) is 11.9 Å². The van der Waals surface area contributed by atoms with Crippen molar-refractivity contribution < 1.29 is 0 Å². The highest BCUT2D eigenvalue weighted by atomic mass is 35.5. The van der Waals surface area contributed by atoms with Gasteiger partial charge >= 0.3 is 0 Å². The van der Waals surface area contributed by atoms with E-state index in [1.165, 1.54) is 0 Å². The molecule has 0 saturated carbocycles. The summed E-state index contributed by atoms with van der Waals surface area (Å²) in [6.45, 7) is 2.11. The quantitative estimate of drug-likeness (QED) is 0.558. The Hall–Kier alpha value is -1.93. The number of unbranched alkanes of at least 4 members (excludes halogenated alkanes) is 1. The second kappa shape index (κ2) is 7.61. The number of hydrogen-bond acceptors (Lipinski definition) is 2. The van der Waals surface area contributed by atoms with E-state index in [1.54, 1.807) is 0 Å². The third-order valence-corrected chi connectivity index (χ3v) is 3.02. The summed E-state index contributed by atoms with van der Waals surface area (Å²) in [6.07, 6.45) is 3.83. The maximum absolute atomic E-state index is 5.93. The van der Waals surface area contributed by atoms with Gasteiger partial charge in [0.2, 0.25) is 0 Å². The summed E-state index contributed by atoms with van der Waals surface area (Å²) in [6, 6.07) is 18.3. The van der Waals surface area contributed by atoms with Crippen LogP contribution in [0.1, 0.15) is 30.9 Å². The van der Waals surface area contributed by atoms with E-state index in [-0.39, 0.29) is 0 Å². The normalized spacial score (nSPS) is 12.0. The zero-order valence-electron chi connectivity index (χ0n) is 11.4. The van der Waals surface area contributed by atoms with Crippen molar-refractivity contribution >= 4 is 23.5 Å². The molecule has 2 aromatic rings. The highest BCUT2D eigenvalue weighted by molar-refractivity contribution is 6.30. The Balaban J connectivity index is 2.36. The maximum atomic E-state index is 5.93. The summed E-state index contributed by atoms with van der Waals surface area (Å²) in [7, 11) is 0. The summed E-state index contributed by atoms with van der Waals surface area (Å²) >= 11 is 5.93. The van der Waals surface area contributed by atoms with Gasteiger partial charge in [0.15, 0.2) is 0 Å². The smallest absolute Gasteiger partial charge is 0.100 e. The lowest BCUT2D eigenvalue weighted by Gasteiger charge is -2.05. The van der Waals surface area contributed by atoms with E-state index in [0.717, 1.165) is 29.7 Å². The van der Waals surface area contributed by atoms with Gasteiger partial charge in [0.25, 0.3) is 0 Å². The third-order valence-electron chi connectivity index (χ3n) is 2.77. The average Bonchev–Trinajstić information content (AvgIpc) is 2.50. The molecule has 0 fully saturated rings. The molecule has 3 heteroatoms. The van der Waals surface area contributed by atoms with Crippen LogP contribution in [0, 0.1) is 6.07 Å². The van der Waals surface area contributed by atoms with Crippen LogP contribution < -0.4 is 0 Å². The van der Waals surface area contributed by atoms with Crippen molar-refractivity contribution in [3.63, 3.8) is 0 Å². The van der Waals surface area contributed by atoms with Crippen LogP contribution in [0.5, 0.6) is 0 Å². The average molecular weight is 284 g/mol. The van der Waals surface area contributed by atoms with E-state index in [1.807, 2.05) is 54.7 Å². The Morgan fingerprint density at radius 2 is 1.75 bits per heavy atom. The zero-order chi connectivity index (χ0) is 14.2. The largest absolute Gasteiger partial charge is 0.163 e. The van der Waals surface area contributed by atoms with E-state index in [0.29, 0.717) is 5.02 Å². The molecule has 0 unspecified atom stereocenters. The first-order valence-electron chi connectivity index (χ1n) is 6.63. The summed E-state index contributed by atoms with van der Waals surface area (Å²) in [5, 5.41) is 9.23. The van der Waals surface area contributed by atoms with Crippen molar-refractivity contribution in [1.29, 1.82) is 0 Å². The highest BCUT2D eigenvalue weighted by Gasteiger charge is 2.06. The van der Waals surface area contributed by atoms with Gasteiger partial charge in [-0.25, -0.2) is 0 Å². The molecule has 0 heterocycles. The van der Waals surface area contributed by atoms with Crippen LogP contribution in [0.4, 0.5) is 0 Å². The van der Waals surface area contributed by atoms with E-state index in [4.69, 9.17) is 11.6 Å². The van der Waals surface area contributed by atoms with Gasteiger partial charge in [-0.2, -0.15) is 10.2 Å². The Morgan fingerprint density at radius 1 is 1.10 bits per heavy atom. The van der Waals surface area contributed by atoms with Gasteiger partial charge < -0.3 is 0 Å². The topological polar surface area (TPSA) is 24.7 Å². The minimum atomic E-state index is 0.712. The van der Waals surface area contributed by atoms with Gasteiger partial charge in [-0.05, 0) is 24.6 Å². The summed E-state index contributed by atoms with van der Waals surface area (Å²) in [5.41, 5.74) is 2.84. The molecule has 0 spiro atoms. The lowest BCUT2D eigenvalue weighted by atomic mass is 10.0. The zero-order valence-corrected chi connectivity index (χ0v) is 12.1. The molecular weight excluding hydrogens is 268 g/mol. The van der Waals surface area contributed by atoms with Crippen LogP contribution in [0.2, 0.25) is 5.02 Å². The fourth-order valence-corrected chi connectivity index (χ4v) is 1.85. The molecule has 0 saturated heterocycles. The van der Waals surface area contributed by atoms with Gasteiger partial charge in [0, 0.05) is 22.4 Å². The van der Waals surface area contributed by atoms with Crippen molar-refractivity contribution in [2.45, 2.75) is 19.8 Å². The first-order valence-corrected chi connectivity index (χ1v) is 7.01. The Labute approximate surface area is 124 Å². The number of nitrogens with zero attached hydrogens (tertiary/aromatic N) is 2. The van der Waals surface area contributed by atoms with Crippen LogP contribution in [-0.2, 0) is 0 Å². The molecule has 101 valence electrons. The molecular formula is C17H16ClN2. The van der Waals surface area contributed by atoms with Gasteiger partial charge in [0.05, 0.1) is 0 Å². The van der Waals surface area contributed by atoms with Crippen molar-refractivity contribution in [2.24, 2.45) is 10.2 Å². The van der Waals surface area contributed by atoms with Gasteiger partial charge in [-0.1, -0.05) is 61.3 Å². The second-order valence-corrected chi connectivity index (χ2v) is 4.77. The van der Waals surface area contributed by atoms with E-state index in [9.17, 15) is 0 Å². The minimum absolute atomic E-state index is 0.712. The molecule has 0 bridgehead atoms. The van der Waals surface area contributed by atoms with Crippen molar-refractivity contribution in [3.8, 4) is 0 Å². The number of benzene rings is 2. The van der Waals surface area contributed by atoms with E-state index in [2.05, 4.69) is 23.2 Å². The minimum Gasteiger partial charge on any atom is -0.163 e. The molecule has 0 aliphatic heterocycles. The molecule has 0 aliphatic rings. The summed E-state index contributed by atoms with van der Waals surface area (Å²) in [4.78, 5) is 0. The fraction of sp³-hybridized carbons (Fsp3) is 0.176. The summed E-state index contributed by atoms with van der Waals surface area (Å²) in [5.74, 6) is 0. The van der Waals surface area contributed by atoms with Crippen molar-refractivity contribution in [3.05, 3.63) is 70.7 Å². The molecule has 0 aliphatic carbocycles. The maximum Gasteiger partial charge on any atom is 0.100 e. The first-order chi connectivity index (χ1) is 9.81. The summed E-state index contributed by atoms with van der Waals surface area (Å²) < 4.78 is 0. The molecule has 2 rings (SSSR count). The first kappa shape index (κ1) is 14.5. The number of hydrogen-bond donors (Lipinski definition) is 0. The van der Waals surface area contributed by atoms with Crippen molar-refractivity contribution in [1.82, 2.24) is 0 Å². The third kappa shape index (κ3) is 4.04. The van der Waals surface area contributed by atoms with E-state index < -0.39 is 0 Å². The Kier molecular flexibility index (Phi) is 5.51. The van der Waals surface area contributed by atoms with Gasteiger partial charge in [0.1, 0.15) is 5.71 Å². The fourth-order valence-electron chi connectivity index (χ4n) is 1.72. The molecule has 2 aromatic carbocycles. The Morgan fingerprint density at radius 3 is 2.40 bits per heavy atom. The molecule has 0 aromatic heterocycles. The lowest BCUT2D eigenvalue weighted by Crippen LogP contribution is -2.02. The molecule has 1 radical (unpaired) electrons. The predicted molar refractivity (Wildman–Crippen MR) is 85.8 cm³/mol. The molecule has 0 amide bonds. The SMILES string of the molecule is CCC/C=N\N=C(/c1cc[c]cc1)c1ccc(Cl)cc1. The number of halogens is 1. The standard InChI is InChI=1S/C17H16ClN2/c1-2-3-13-19-20-17(14-7-5-4-6-8-14)15-9-11-16(18)12-10-15/h5-13H,2-3H2,1H3/b19-13-,20-17+. The molecule has 2 nitrogen and oxygen atoms in total. The molecule has 0 atom stereocenters. The molecule has 0 N–H and O–H groups in total. The monoisotopic (exact) mass is 283 g/mol. The van der Waals surface area contributed by atoms with Gasteiger partial charge in [-0.15, -0.1) is 0 Å². The Bertz CT molecular complexity index is 586. The molecule has 20 heavy (non-hydrogen) atoms. The van der Waals surface area contributed by atoms with Crippen LogP contribution in [0.3, 0.4) is 0 Å². The van der Waals surface area contributed by atoms with Crippen LogP contribution in [0.25, 0.3) is 0 Å². The highest BCUT2D eigenvalue weighted by Crippen LogP contribution is 2.15. The van der Waals surface area contributed by atoms with Gasteiger partial charge in [-0.3, -0.25) is 0 Å². The van der Waals surface area contributed by atoms with Crippen LogP contribution in [0.15, 0.2) is 58.7 Å². The number of rotatable bonds is 5. The van der Waals surface area contributed by atoms with E-state index >= 15 is 0 Å².